The topological polar surface area (TPSA) is 62.1 Å². The summed E-state index contributed by atoms with van der Waals surface area (Å²) < 4.78 is 5.52. The molecule has 4 nitrogen and oxygen atoms in total. The van der Waals surface area contributed by atoms with Gasteiger partial charge in [-0.05, 0) is 13.0 Å². The second-order valence-electron chi connectivity index (χ2n) is 3.99. The molecule has 0 spiro atoms. The lowest BCUT2D eigenvalue weighted by Gasteiger charge is -1.96. The zero-order chi connectivity index (χ0) is 11.8. The Kier molecular flexibility index (Phi) is 2.23. The standard InChI is InChI=1S/C13H12N2O2/c1-8(16)13-15-7-12(17-13)10-6-14-11-5-3-2-4-9(10)11/h2-8,14,16H,1H3. The van der Waals surface area contributed by atoms with E-state index in [2.05, 4.69) is 9.97 Å². The molecule has 2 N–H and O–H groups in total. The second-order valence-corrected chi connectivity index (χ2v) is 3.99. The largest absolute Gasteiger partial charge is 0.438 e. The van der Waals surface area contributed by atoms with E-state index in [9.17, 15) is 5.11 Å². The third kappa shape index (κ3) is 1.62. The first kappa shape index (κ1) is 10.1. The van der Waals surface area contributed by atoms with Crippen LogP contribution in [0.5, 0.6) is 0 Å². The lowest BCUT2D eigenvalue weighted by molar-refractivity contribution is 0.164. The van der Waals surface area contributed by atoms with Gasteiger partial charge in [0.2, 0.25) is 5.89 Å². The van der Waals surface area contributed by atoms with E-state index in [0.29, 0.717) is 11.7 Å². The van der Waals surface area contributed by atoms with Crippen molar-refractivity contribution in [1.82, 2.24) is 9.97 Å². The van der Waals surface area contributed by atoms with Gasteiger partial charge < -0.3 is 14.5 Å². The Labute approximate surface area is 97.9 Å². The van der Waals surface area contributed by atoms with Crippen LogP contribution in [0.15, 0.2) is 41.1 Å². The molecule has 0 aliphatic carbocycles. The molecule has 0 radical (unpaired) electrons. The van der Waals surface area contributed by atoms with Crippen LogP contribution in [0.1, 0.15) is 18.9 Å². The summed E-state index contributed by atoms with van der Waals surface area (Å²) in [5.41, 5.74) is 2.01. The number of aromatic nitrogens is 2. The maximum Gasteiger partial charge on any atom is 0.223 e. The molecule has 1 unspecified atom stereocenters. The van der Waals surface area contributed by atoms with E-state index in [4.69, 9.17) is 4.42 Å². The number of nitrogens with one attached hydrogen (secondary N) is 1. The van der Waals surface area contributed by atoms with Crippen LogP contribution in [0.25, 0.3) is 22.2 Å². The summed E-state index contributed by atoms with van der Waals surface area (Å²) in [6.45, 7) is 1.63. The van der Waals surface area contributed by atoms with Gasteiger partial charge in [0.05, 0.1) is 6.20 Å². The number of nitrogens with zero attached hydrogens (tertiary/aromatic N) is 1. The smallest absolute Gasteiger partial charge is 0.223 e. The summed E-state index contributed by atoms with van der Waals surface area (Å²) in [6, 6.07) is 7.98. The number of rotatable bonds is 2. The van der Waals surface area contributed by atoms with E-state index in [1.807, 2.05) is 30.5 Å². The molecule has 1 aromatic carbocycles. The van der Waals surface area contributed by atoms with Crippen molar-refractivity contribution in [3.05, 3.63) is 42.5 Å². The zero-order valence-electron chi connectivity index (χ0n) is 9.34. The summed E-state index contributed by atoms with van der Waals surface area (Å²) in [6.07, 6.45) is 2.84. The van der Waals surface area contributed by atoms with Gasteiger partial charge in [0.15, 0.2) is 5.76 Å². The molecule has 0 aliphatic rings. The highest BCUT2D eigenvalue weighted by atomic mass is 16.4. The van der Waals surface area contributed by atoms with E-state index >= 15 is 0 Å². The molecule has 2 heterocycles. The maximum absolute atomic E-state index is 9.38. The Hall–Kier alpha value is -2.07. The Balaban J connectivity index is 2.14. The summed E-state index contributed by atoms with van der Waals surface area (Å²) in [4.78, 5) is 7.22. The lowest BCUT2D eigenvalue weighted by Crippen LogP contribution is -1.88. The van der Waals surface area contributed by atoms with Gasteiger partial charge in [-0.2, -0.15) is 0 Å². The third-order valence-electron chi connectivity index (χ3n) is 2.74. The number of H-pyrrole nitrogens is 1. The molecule has 17 heavy (non-hydrogen) atoms. The van der Waals surface area contributed by atoms with Crippen molar-refractivity contribution in [3.63, 3.8) is 0 Å². The fraction of sp³-hybridized carbons (Fsp3) is 0.154. The molecule has 3 rings (SSSR count). The number of aliphatic hydroxyl groups excluding tert-OH is 1. The van der Waals surface area contributed by atoms with Crippen LogP contribution >= 0.6 is 0 Å². The molecule has 0 aliphatic heterocycles. The van der Waals surface area contributed by atoms with Crippen LogP contribution in [0.4, 0.5) is 0 Å². The van der Waals surface area contributed by atoms with E-state index in [-0.39, 0.29) is 0 Å². The monoisotopic (exact) mass is 228 g/mol. The Morgan fingerprint density at radius 1 is 1.35 bits per heavy atom. The van der Waals surface area contributed by atoms with Crippen LogP contribution in [-0.4, -0.2) is 15.1 Å². The molecule has 0 amide bonds. The van der Waals surface area contributed by atoms with Gasteiger partial charge in [0, 0.05) is 22.7 Å². The van der Waals surface area contributed by atoms with Crippen molar-refractivity contribution in [3.8, 4) is 11.3 Å². The molecule has 0 saturated heterocycles. The quantitative estimate of drug-likeness (QED) is 0.709. The van der Waals surface area contributed by atoms with E-state index < -0.39 is 6.10 Å². The number of para-hydroxylation sites is 1. The lowest BCUT2D eigenvalue weighted by atomic mass is 10.1. The van der Waals surface area contributed by atoms with Gasteiger partial charge in [0.25, 0.3) is 0 Å². The maximum atomic E-state index is 9.38. The minimum atomic E-state index is -0.686. The fourth-order valence-electron chi connectivity index (χ4n) is 1.88. The first-order valence-electron chi connectivity index (χ1n) is 5.46. The predicted octanol–water partition coefficient (Wildman–Crippen LogP) is 2.88. The van der Waals surface area contributed by atoms with Gasteiger partial charge >= 0.3 is 0 Å². The minimum Gasteiger partial charge on any atom is -0.438 e. The Morgan fingerprint density at radius 2 is 2.18 bits per heavy atom. The van der Waals surface area contributed by atoms with Crippen LogP contribution < -0.4 is 0 Å². The van der Waals surface area contributed by atoms with E-state index in [1.165, 1.54) is 0 Å². The predicted molar refractivity (Wildman–Crippen MR) is 64.4 cm³/mol. The third-order valence-corrected chi connectivity index (χ3v) is 2.74. The number of benzene rings is 1. The summed E-state index contributed by atoms with van der Waals surface area (Å²) in [7, 11) is 0. The fourth-order valence-corrected chi connectivity index (χ4v) is 1.88. The van der Waals surface area contributed by atoms with Crippen LogP contribution in [0.2, 0.25) is 0 Å². The van der Waals surface area contributed by atoms with Gasteiger partial charge in [-0.15, -0.1) is 0 Å². The molecular formula is C13H12N2O2. The van der Waals surface area contributed by atoms with Crippen molar-refractivity contribution < 1.29 is 9.52 Å². The SMILES string of the molecule is CC(O)c1ncc(-c2c[nH]c3ccccc23)o1. The number of hydrogen-bond acceptors (Lipinski definition) is 3. The number of oxazole rings is 1. The molecule has 0 fully saturated rings. The second kappa shape index (κ2) is 3.75. The van der Waals surface area contributed by atoms with Gasteiger partial charge in [-0.25, -0.2) is 4.98 Å². The van der Waals surface area contributed by atoms with Crippen LogP contribution in [0.3, 0.4) is 0 Å². The summed E-state index contributed by atoms with van der Waals surface area (Å²) >= 11 is 0. The van der Waals surface area contributed by atoms with E-state index in [1.54, 1.807) is 13.1 Å². The minimum absolute atomic E-state index is 0.338. The first-order chi connectivity index (χ1) is 8.25. The summed E-state index contributed by atoms with van der Waals surface area (Å²) in [5, 5.41) is 10.5. The number of aromatic amines is 1. The molecule has 0 bridgehead atoms. The van der Waals surface area contributed by atoms with Crippen LogP contribution in [-0.2, 0) is 0 Å². The molecular weight excluding hydrogens is 216 g/mol. The molecule has 86 valence electrons. The summed E-state index contributed by atoms with van der Waals surface area (Å²) in [5.74, 6) is 1.00. The highest BCUT2D eigenvalue weighted by Gasteiger charge is 2.13. The molecule has 2 aromatic heterocycles. The van der Waals surface area contributed by atoms with Crippen molar-refractivity contribution in [2.75, 3.05) is 0 Å². The van der Waals surface area contributed by atoms with Crippen LogP contribution in [0, 0.1) is 0 Å². The number of hydrogen-bond donors (Lipinski definition) is 2. The molecule has 4 heteroatoms. The van der Waals surface area contributed by atoms with Crippen molar-refractivity contribution in [2.24, 2.45) is 0 Å². The first-order valence-corrected chi connectivity index (χ1v) is 5.46. The average Bonchev–Trinajstić information content (AvgIpc) is 2.95. The molecule has 0 saturated carbocycles. The number of fused-ring (bicyclic) bond motifs is 1. The zero-order valence-corrected chi connectivity index (χ0v) is 9.34. The molecule has 3 aromatic rings. The number of aliphatic hydroxyl groups is 1. The van der Waals surface area contributed by atoms with Crippen molar-refractivity contribution >= 4 is 10.9 Å². The normalized spacial score (nSPS) is 13.1. The van der Waals surface area contributed by atoms with Gasteiger partial charge in [-0.3, -0.25) is 0 Å². The van der Waals surface area contributed by atoms with E-state index in [0.717, 1.165) is 16.5 Å². The van der Waals surface area contributed by atoms with Crippen molar-refractivity contribution in [1.29, 1.82) is 0 Å². The Bertz CT molecular complexity index is 652. The highest BCUT2D eigenvalue weighted by Crippen LogP contribution is 2.29. The highest BCUT2D eigenvalue weighted by molar-refractivity contribution is 5.93. The van der Waals surface area contributed by atoms with Crippen molar-refractivity contribution in [2.45, 2.75) is 13.0 Å². The average molecular weight is 228 g/mol. The van der Waals surface area contributed by atoms with Gasteiger partial charge in [0.1, 0.15) is 6.10 Å². The molecule has 1 atom stereocenters. The van der Waals surface area contributed by atoms with Gasteiger partial charge in [-0.1, -0.05) is 18.2 Å². The Morgan fingerprint density at radius 3 is 2.94 bits per heavy atom.